The number of hydrogen-bond acceptors (Lipinski definition) is 5. The van der Waals surface area contributed by atoms with Crippen LogP contribution in [0.25, 0.3) is 0 Å². The van der Waals surface area contributed by atoms with Gasteiger partial charge in [-0.3, -0.25) is 14.5 Å². The van der Waals surface area contributed by atoms with E-state index in [1.54, 1.807) is 0 Å². The summed E-state index contributed by atoms with van der Waals surface area (Å²) in [7, 11) is 0. The Bertz CT molecular complexity index is 578. The van der Waals surface area contributed by atoms with Crippen LogP contribution in [0.1, 0.15) is 6.42 Å². The van der Waals surface area contributed by atoms with Crippen LogP contribution in [0.4, 0.5) is 0 Å². The first kappa shape index (κ1) is 13.2. The molecule has 0 aromatic rings. The minimum Gasteiger partial charge on any atom is -0.293 e. The highest BCUT2D eigenvalue weighted by molar-refractivity contribution is 8.07. The van der Waals surface area contributed by atoms with E-state index in [0.29, 0.717) is 9.81 Å². The summed E-state index contributed by atoms with van der Waals surface area (Å²) in [6.45, 7) is 1.92. The van der Waals surface area contributed by atoms with Crippen LogP contribution < -0.4 is 0 Å². The van der Waals surface area contributed by atoms with Crippen LogP contribution in [-0.2, 0) is 9.59 Å². The lowest BCUT2D eigenvalue weighted by Gasteiger charge is -2.44. The minimum atomic E-state index is -0.534. The number of rotatable bonds is 3. The van der Waals surface area contributed by atoms with Crippen molar-refractivity contribution in [3.8, 4) is 0 Å². The first-order chi connectivity index (χ1) is 9.66. The van der Waals surface area contributed by atoms with Gasteiger partial charge in [0.15, 0.2) is 11.6 Å². The molecule has 20 heavy (non-hydrogen) atoms. The average molecular weight is 307 g/mol. The zero-order valence-corrected chi connectivity index (χ0v) is 13.2. The summed E-state index contributed by atoms with van der Waals surface area (Å²) < 4.78 is 0. The Morgan fingerprint density at radius 2 is 1.85 bits per heavy atom. The summed E-state index contributed by atoms with van der Waals surface area (Å²) in [5.41, 5.74) is -0.534. The van der Waals surface area contributed by atoms with Crippen molar-refractivity contribution in [2.45, 2.75) is 12.0 Å². The number of fused-ring (bicyclic) bond motifs is 5. The van der Waals surface area contributed by atoms with Gasteiger partial charge in [0.1, 0.15) is 5.54 Å². The number of Topliss-reactive ketones (excluding diaryl/α,β-unsaturated/α-hetero) is 2. The number of carbonyl (C=O) groups excluding carboxylic acids is 2. The van der Waals surface area contributed by atoms with Gasteiger partial charge in [-0.2, -0.15) is 0 Å². The molecular formula is C15H17NO2S2. The third-order valence-electron chi connectivity index (χ3n) is 5.25. The molecule has 1 saturated carbocycles. The standard InChI is InChI=1S/C15H17NO2S2/c1-19-12-11(17)10-8-3-4-9(7-8)15(10,16-5-6-16)14(18)13(12)20-2/h3-4,8-10H,5-7H2,1-2H3/t8-,9+,10+,15-/m0/s1. The summed E-state index contributed by atoms with van der Waals surface area (Å²) in [6.07, 6.45) is 9.15. The fourth-order valence-electron chi connectivity index (χ4n) is 4.47. The Kier molecular flexibility index (Phi) is 2.79. The van der Waals surface area contributed by atoms with Crippen LogP contribution in [-0.4, -0.2) is 47.6 Å². The molecule has 106 valence electrons. The van der Waals surface area contributed by atoms with Gasteiger partial charge in [-0.1, -0.05) is 12.2 Å². The molecule has 0 spiro atoms. The zero-order chi connectivity index (χ0) is 14.1. The van der Waals surface area contributed by atoms with Crippen molar-refractivity contribution < 1.29 is 9.59 Å². The molecule has 1 heterocycles. The van der Waals surface area contributed by atoms with Crippen molar-refractivity contribution in [1.82, 2.24) is 4.90 Å². The molecule has 0 aromatic heterocycles. The molecule has 3 nitrogen and oxygen atoms in total. The monoisotopic (exact) mass is 307 g/mol. The normalized spacial score (nSPS) is 42.6. The maximum Gasteiger partial charge on any atom is 0.192 e. The SMILES string of the molecule is CSC1=C(SC)C(=O)[C@]2(N3CC3)[C@@H]3C=C[C@@H](C3)[C@@H]2C1=O. The smallest absolute Gasteiger partial charge is 0.192 e. The molecule has 1 aliphatic heterocycles. The quantitative estimate of drug-likeness (QED) is 0.588. The second-order valence-corrected chi connectivity index (χ2v) is 7.57. The van der Waals surface area contributed by atoms with Gasteiger partial charge in [-0.05, 0) is 24.9 Å². The van der Waals surface area contributed by atoms with E-state index in [0.717, 1.165) is 19.5 Å². The molecule has 0 aromatic carbocycles. The summed E-state index contributed by atoms with van der Waals surface area (Å²) >= 11 is 2.89. The number of thioether (sulfide) groups is 2. The highest BCUT2D eigenvalue weighted by Crippen LogP contribution is 2.60. The maximum absolute atomic E-state index is 13.2. The molecule has 0 radical (unpaired) electrons. The third kappa shape index (κ3) is 1.34. The van der Waals surface area contributed by atoms with Crippen LogP contribution in [0.5, 0.6) is 0 Å². The maximum atomic E-state index is 13.2. The fraction of sp³-hybridized carbons (Fsp3) is 0.600. The molecule has 4 atom stereocenters. The Morgan fingerprint density at radius 1 is 1.15 bits per heavy atom. The predicted octanol–water partition coefficient (Wildman–Crippen LogP) is 1.95. The van der Waals surface area contributed by atoms with Crippen molar-refractivity contribution in [3.05, 3.63) is 22.0 Å². The summed E-state index contributed by atoms with van der Waals surface area (Å²) in [5.74, 6) is 0.800. The van der Waals surface area contributed by atoms with Crippen molar-refractivity contribution in [2.24, 2.45) is 17.8 Å². The minimum absolute atomic E-state index is 0.133. The van der Waals surface area contributed by atoms with Crippen molar-refractivity contribution in [1.29, 1.82) is 0 Å². The molecular weight excluding hydrogens is 290 g/mol. The number of nitrogens with zero attached hydrogens (tertiary/aromatic N) is 1. The van der Waals surface area contributed by atoms with E-state index in [2.05, 4.69) is 17.1 Å². The van der Waals surface area contributed by atoms with Gasteiger partial charge in [0, 0.05) is 19.0 Å². The summed E-state index contributed by atoms with van der Waals surface area (Å²) in [4.78, 5) is 29.9. The predicted molar refractivity (Wildman–Crippen MR) is 82.6 cm³/mol. The van der Waals surface area contributed by atoms with Gasteiger partial charge >= 0.3 is 0 Å². The van der Waals surface area contributed by atoms with Crippen LogP contribution >= 0.6 is 23.5 Å². The van der Waals surface area contributed by atoms with E-state index < -0.39 is 5.54 Å². The van der Waals surface area contributed by atoms with Gasteiger partial charge in [0.2, 0.25) is 0 Å². The van der Waals surface area contributed by atoms with Gasteiger partial charge in [-0.25, -0.2) is 0 Å². The first-order valence-corrected chi connectivity index (χ1v) is 9.45. The molecule has 1 saturated heterocycles. The van der Waals surface area contributed by atoms with E-state index in [1.807, 2.05) is 12.5 Å². The molecule has 2 bridgehead atoms. The number of allylic oxidation sites excluding steroid dienone is 2. The Balaban J connectivity index is 1.94. The van der Waals surface area contributed by atoms with Gasteiger partial charge in [0.05, 0.1) is 15.7 Å². The van der Waals surface area contributed by atoms with E-state index in [-0.39, 0.29) is 29.3 Å². The Morgan fingerprint density at radius 3 is 2.45 bits per heavy atom. The molecule has 0 amide bonds. The Hall–Kier alpha value is -0.520. The molecule has 0 N–H and O–H groups in total. The fourth-order valence-corrected chi connectivity index (χ4v) is 6.21. The van der Waals surface area contributed by atoms with Crippen molar-refractivity contribution in [2.75, 3.05) is 25.6 Å². The average Bonchev–Trinajstić information content (AvgIpc) is 3.12. The molecule has 2 fully saturated rings. The topological polar surface area (TPSA) is 37.1 Å². The molecule has 3 aliphatic carbocycles. The van der Waals surface area contributed by atoms with Crippen LogP contribution in [0.2, 0.25) is 0 Å². The van der Waals surface area contributed by atoms with Gasteiger partial charge < -0.3 is 0 Å². The van der Waals surface area contributed by atoms with Crippen LogP contribution in [0, 0.1) is 17.8 Å². The third-order valence-corrected chi connectivity index (χ3v) is 6.99. The second-order valence-electron chi connectivity index (χ2n) is 5.94. The van der Waals surface area contributed by atoms with Gasteiger partial charge in [-0.15, -0.1) is 23.5 Å². The second kappa shape index (κ2) is 4.24. The summed E-state index contributed by atoms with van der Waals surface area (Å²) in [5, 5.41) is 0. The number of hydrogen-bond donors (Lipinski definition) is 0. The first-order valence-electron chi connectivity index (χ1n) is 7.00. The van der Waals surface area contributed by atoms with Crippen LogP contribution in [0.3, 0.4) is 0 Å². The van der Waals surface area contributed by atoms with Crippen molar-refractivity contribution >= 4 is 35.1 Å². The number of carbonyl (C=O) groups is 2. The lowest BCUT2D eigenvalue weighted by atomic mass is 9.67. The largest absolute Gasteiger partial charge is 0.293 e. The lowest BCUT2D eigenvalue weighted by molar-refractivity contribution is -0.136. The van der Waals surface area contributed by atoms with Crippen molar-refractivity contribution in [3.63, 3.8) is 0 Å². The van der Waals surface area contributed by atoms with E-state index in [9.17, 15) is 9.59 Å². The van der Waals surface area contributed by atoms with E-state index in [1.165, 1.54) is 23.5 Å². The zero-order valence-electron chi connectivity index (χ0n) is 11.6. The molecule has 4 aliphatic rings. The summed E-state index contributed by atoms with van der Waals surface area (Å²) in [6, 6.07) is 0. The molecule has 5 heteroatoms. The van der Waals surface area contributed by atoms with E-state index >= 15 is 0 Å². The number of ketones is 2. The van der Waals surface area contributed by atoms with E-state index in [4.69, 9.17) is 0 Å². The lowest BCUT2D eigenvalue weighted by Crippen LogP contribution is -2.60. The highest BCUT2D eigenvalue weighted by atomic mass is 32.2. The molecule has 4 rings (SSSR count). The Labute approximate surface area is 127 Å². The van der Waals surface area contributed by atoms with Crippen LogP contribution in [0.15, 0.2) is 22.0 Å². The highest BCUT2D eigenvalue weighted by Gasteiger charge is 2.69. The van der Waals surface area contributed by atoms with Gasteiger partial charge in [0.25, 0.3) is 0 Å². The molecule has 0 unspecified atom stereocenters.